The monoisotopic (exact) mass is 317 g/mol. The molecule has 1 atom stereocenters. The van der Waals surface area contributed by atoms with Crippen LogP contribution in [0.3, 0.4) is 0 Å². The molecule has 1 unspecified atom stereocenters. The van der Waals surface area contributed by atoms with Gasteiger partial charge in [0.05, 0.1) is 12.6 Å². The SMILES string of the molecule is CN1C(=O)COCC1c1cnccc1Nc1cccc(Cl)c1. The van der Waals surface area contributed by atoms with Gasteiger partial charge in [-0.05, 0) is 24.3 Å². The van der Waals surface area contributed by atoms with Gasteiger partial charge in [0.2, 0.25) is 5.91 Å². The topological polar surface area (TPSA) is 54.5 Å². The second-order valence-corrected chi connectivity index (χ2v) is 5.57. The summed E-state index contributed by atoms with van der Waals surface area (Å²) in [6.07, 6.45) is 3.47. The summed E-state index contributed by atoms with van der Waals surface area (Å²) in [5.74, 6) is -0.0335. The molecular weight excluding hydrogens is 302 g/mol. The number of carbonyl (C=O) groups is 1. The Kier molecular flexibility index (Phi) is 4.27. The average Bonchev–Trinajstić information content (AvgIpc) is 2.51. The average molecular weight is 318 g/mol. The summed E-state index contributed by atoms with van der Waals surface area (Å²) in [4.78, 5) is 17.7. The molecule has 0 bridgehead atoms. The van der Waals surface area contributed by atoms with Crippen molar-refractivity contribution in [2.24, 2.45) is 0 Å². The number of hydrogen-bond donors (Lipinski definition) is 1. The third kappa shape index (κ3) is 3.05. The molecule has 2 heterocycles. The fourth-order valence-electron chi connectivity index (χ4n) is 2.45. The molecule has 1 aliphatic rings. The lowest BCUT2D eigenvalue weighted by Gasteiger charge is -2.33. The van der Waals surface area contributed by atoms with Gasteiger partial charge in [0.25, 0.3) is 0 Å². The number of amides is 1. The van der Waals surface area contributed by atoms with Crippen molar-refractivity contribution in [2.45, 2.75) is 6.04 Å². The number of anilines is 2. The molecule has 2 aromatic rings. The summed E-state index contributed by atoms with van der Waals surface area (Å²) in [5.41, 5.74) is 2.68. The molecule has 1 saturated heterocycles. The standard InChI is InChI=1S/C16H16ClN3O2/c1-20-15(9-22-10-16(20)21)13-8-18-6-5-14(13)19-12-4-2-3-11(17)7-12/h2-8,15H,9-10H2,1H3,(H,18,19). The maximum Gasteiger partial charge on any atom is 0.248 e. The van der Waals surface area contributed by atoms with Gasteiger partial charge < -0.3 is 15.0 Å². The highest BCUT2D eigenvalue weighted by Gasteiger charge is 2.28. The third-order valence-corrected chi connectivity index (χ3v) is 3.91. The van der Waals surface area contributed by atoms with Gasteiger partial charge in [0, 0.05) is 41.4 Å². The number of hydrogen-bond acceptors (Lipinski definition) is 4. The van der Waals surface area contributed by atoms with Crippen molar-refractivity contribution in [3.8, 4) is 0 Å². The predicted molar refractivity (Wildman–Crippen MR) is 85.3 cm³/mol. The molecule has 3 rings (SSSR count). The Balaban J connectivity index is 1.91. The molecule has 1 aromatic carbocycles. The summed E-state index contributed by atoms with van der Waals surface area (Å²) >= 11 is 6.02. The highest BCUT2D eigenvalue weighted by molar-refractivity contribution is 6.30. The zero-order valence-electron chi connectivity index (χ0n) is 12.1. The van der Waals surface area contributed by atoms with Crippen molar-refractivity contribution in [1.29, 1.82) is 0 Å². The van der Waals surface area contributed by atoms with E-state index in [4.69, 9.17) is 16.3 Å². The highest BCUT2D eigenvalue weighted by Crippen LogP contribution is 2.31. The van der Waals surface area contributed by atoms with Gasteiger partial charge in [0.15, 0.2) is 0 Å². The molecule has 1 aliphatic heterocycles. The first-order valence-corrected chi connectivity index (χ1v) is 7.33. The van der Waals surface area contributed by atoms with Gasteiger partial charge in [-0.3, -0.25) is 9.78 Å². The van der Waals surface area contributed by atoms with Crippen LogP contribution in [0.4, 0.5) is 11.4 Å². The van der Waals surface area contributed by atoms with Crippen molar-refractivity contribution in [3.05, 3.63) is 53.3 Å². The van der Waals surface area contributed by atoms with E-state index in [9.17, 15) is 4.79 Å². The zero-order chi connectivity index (χ0) is 15.5. The van der Waals surface area contributed by atoms with Crippen LogP contribution in [0.15, 0.2) is 42.7 Å². The van der Waals surface area contributed by atoms with Crippen LogP contribution in [-0.4, -0.2) is 36.1 Å². The molecular formula is C16H16ClN3O2. The van der Waals surface area contributed by atoms with Crippen molar-refractivity contribution in [2.75, 3.05) is 25.6 Å². The van der Waals surface area contributed by atoms with E-state index in [1.807, 2.05) is 30.3 Å². The quantitative estimate of drug-likeness (QED) is 0.945. The van der Waals surface area contributed by atoms with Crippen molar-refractivity contribution < 1.29 is 9.53 Å². The number of nitrogens with one attached hydrogen (secondary N) is 1. The molecule has 1 fully saturated rings. The van der Waals surface area contributed by atoms with Gasteiger partial charge >= 0.3 is 0 Å². The maximum atomic E-state index is 11.8. The largest absolute Gasteiger partial charge is 0.369 e. The Bertz CT molecular complexity index is 693. The number of aromatic nitrogens is 1. The number of morpholine rings is 1. The summed E-state index contributed by atoms with van der Waals surface area (Å²) in [6, 6.07) is 9.20. The molecule has 1 N–H and O–H groups in total. The summed E-state index contributed by atoms with van der Waals surface area (Å²) in [5, 5.41) is 3.99. The fraction of sp³-hybridized carbons (Fsp3) is 0.250. The van der Waals surface area contributed by atoms with E-state index in [-0.39, 0.29) is 18.6 Å². The summed E-state index contributed by atoms with van der Waals surface area (Å²) < 4.78 is 5.38. The second-order valence-electron chi connectivity index (χ2n) is 5.13. The minimum Gasteiger partial charge on any atom is -0.369 e. The van der Waals surface area contributed by atoms with Crippen LogP contribution in [0.5, 0.6) is 0 Å². The normalized spacial score (nSPS) is 18.4. The number of halogens is 1. The number of ether oxygens (including phenoxy) is 1. The second kappa shape index (κ2) is 6.34. The third-order valence-electron chi connectivity index (χ3n) is 3.68. The van der Waals surface area contributed by atoms with Crippen LogP contribution < -0.4 is 5.32 Å². The number of pyridine rings is 1. The van der Waals surface area contributed by atoms with Crippen LogP contribution in [0, 0.1) is 0 Å². The molecule has 5 nitrogen and oxygen atoms in total. The van der Waals surface area contributed by atoms with Crippen LogP contribution in [0.1, 0.15) is 11.6 Å². The van der Waals surface area contributed by atoms with Crippen LogP contribution in [0.25, 0.3) is 0 Å². The first kappa shape index (κ1) is 14.8. The van der Waals surface area contributed by atoms with E-state index in [1.165, 1.54) is 0 Å². The number of carbonyl (C=O) groups excluding carboxylic acids is 1. The lowest BCUT2D eigenvalue weighted by atomic mass is 10.1. The van der Waals surface area contributed by atoms with Crippen LogP contribution in [-0.2, 0) is 9.53 Å². The maximum absolute atomic E-state index is 11.8. The molecule has 1 amide bonds. The van der Waals surface area contributed by atoms with Gasteiger partial charge in [-0.25, -0.2) is 0 Å². The Morgan fingerprint density at radius 1 is 1.41 bits per heavy atom. The molecule has 6 heteroatoms. The predicted octanol–water partition coefficient (Wildman–Crippen LogP) is 3.01. The van der Waals surface area contributed by atoms with Gasteiger partial charge in [-0.2, -0.15) is 0 Å². The smallest absolute Gasteiger partial charge is 0.248 e. The van der Waals surface area contributed by atoms with Crippen LogP contribution >= 0.6 is 11.6 Å². The van der Waals surface area contributed by atoms with E-state index in [0.29, 0.717) is 11.6 Å². The van der Waals surface area contributed by atoms with E-state index in [1.54, 1.807) is 24.3 Å². The van der Waals surface area contributed by atoms with Crippen molar-refractivity contribution in [1.82, 2.24) is 9.88 Å². The minimum absolute atomic E-state index is 0.0335. The number of rotatable bonds is 3. The van der Waals surface area contributed by atoms with Crippen molar-refractivity contribution in [3.63, 3.8) is 0 Å². The van der Waals surface area contributed by atoms with Gasteiger partial charge in [0.1, 0.15) is 6.61 Å². The highest BCUT2D eigenvalue weighted by atomic mass is 35.5. The number of benzene rings is 1. The molecule has 22 heavy (non-hydrogen) atoms. The molecule has 0 spiro atoms. The molecule has 114 valence electrons. The van der Waals surface area contributed by atoms with Gasteiger partial charge in [-0.15, -0.1) is 0 Å². The molecule has 0 aliphatic carbocycles. The van der Waals surface area contributed by atoms with E-state index in [2.05, 4.69) is 10.3 Å². The van der Waals surface area contributed by atoms with E-state index < -0.39 is 0 Å². The number of nitrogens with zero attached hydrogens (tertiary/aromatic N) is 2. The first-order valence-electron chi connectivity index (χ1n) is 6.95. The molecule has 0 radical (unpaired) electrons. The first-order chi connectivity index (χ1) is 10.6. The lowest BCUT2D eigenvalue weighted by Crippen LogP contribution is -2.41. The summed E-state index contributed by atoms with van der Waals surface area (Å²) in [6.45, 7) is 0.586. The van der Waals surface area contributed by atoms with Gasteiger partial charge in [-0.1, -0.05) is 17.7 Å². The van der Waals surface area contributed by atoms with Crippen molar-refractivity contribution >= 4 is 28.9 Å². The Morgan fingerprint density at radius 3 is 3.09 bits per heavy atom. The summed E-state index contributed by atoms with van der Waals surface area (Å²) in [7, 11) is 1.78. The Morgan fingerprint density at radius 2 is 2.27 bits per heavy atom. The Hall–Kier alpha value is -2.11. The van der Waals surface area contributed by atoms with E-state index >= 15 is 0 Å². The molecule has 1 aromatic heterocycles. The van der Waals surface area contributed by atoms with Crippen LogP contribution in [0.2, 0.25) is 5.02 Å². The lowest BCUT2D eigenvalue weighted by molar-refractivity contribution is -0.146. The minimum atomic E-state index is -0.156. The zero-order valence-corrected chi connectivity index (χ0v) is 12.9. The number of likely N-dealkylation sites (N-methyl/N-ethyl adjacent to an activating group) is 1. The Labute approximate surface area is 133 Å². The fourth-order valence-corrected chi connectivity index (χ4v) is 2.64. The molecule has 0 saturated carbocycles. The van der Waals surface area contributed by atoms with E-state index in [0.717, 1.165) is 16.9 Å².